The average molecular weight is 439 g/mol. The Morgan fingerprint density at radius 2 is 1.82 bits per heavy atom. The molecule has 1 heterocycles. The van der Waals surface area contributed by atoms with Crippen molar-refractivity contribution in [1.29, 1.82) is 0 Å². The average Bonchev–Trinajstić information content (AvgIpc) is 3.37. The van der Waals surface area contributed by atoms with E-state index in [1.54, 1.807) is 12.1 Å². The zero-order valence-corrected chi connectivity index (χ0v) is 18.9. The van der Waals surface area contributed by atoms with Crippen LogP contribution in [-0.4, -0.2) is 14.9 Å². The summed E-state index contributed by atoms with van der Waals surface area (Å²) in [6.45, 7) is 4.42. The van der Waals surface area contributed by atoms with Gasteiger partial charge in [-0.05, 0) is 95.3 Å². The second-order valence-electron chi connectivity index (χ2n) is 9.81. The number of allylic oxidation sites excluding steroid dienone is 1. The fraction of sp³-hybridized carbons (Fsp3) is 0.276. The highest BCUT2D eigenvalue weighted by Crippen LogP contribution is 2.57. The fourth-order valence-electron chi connectivity index (χ4n) is 6.12. The molecule has 0 radical (unpaired) electrons. The molecule has 166 valence electrons. The van der Waals surface area contributed by atoms with Gasteiger partial charge in [0, 0.05) is 0 Å². The maximum Gasteiger partial charge on any atom is 0.123 e. The molecule has 1 aromatic heterocycles. The van der Waals surface area contributed by atoms with E-state index in [0.717, 1.165) is 41.6 Å². The van der Waals surface area contributed by atoms with E-state index in [2.05, 4.69) is 61.4 Å². The molecule has 0 spiro atoms. The summed E-state index contributed by atoms with van der Waals surface area (Å²) in [4.78, 5) is 0. The van der Waals surface area contributed by atoms with Crippen LogP contribution in [0.5, 0.6) is 0 Å². The number of aromatic nitrogens is 2. The van der Waals surface area contributed by atoms with Crippen molar-refractivity contribution in [2.45, 2.75) is 39.2 Å². The van der Waals surface area contributed by atoms with Gasteiger partial charge < -0.3 is 5.11 Å². The number of aliphatic hydroxyl groups excluding tert-OH is 1. The van der Waals surface area contributed by atoms with Gasteiger partial charge in [-0.2, -0.15) is 5.10 Å². The number of fused-ring (bicyclic) bond motifs is 3. The van der Waals surface area contributed by atoms with Crippen LogP contribution in [0.25, 0.3) is 22.5 Å². The fourth-order valence-corrected chi connectivity index (χ4v) is 6.12. The van der Waals surface area contributed by atoms with Crippen molar-refractivity contribution >= 4 is 16.8 Å². The topological polar surface area (TPSA) is 38.1 Å². The molecule has 0 bridgehead atoms. The molecular weight excluding hydrogens is 411 g/mol. The standard InChI is InChI=1S/C29H27FN2O/c1-18-7-13-25(24-6-4-3-5-23(18)24)28(33)26-14-8-20-15-27-19(16-29(20,26)2)17-31-32(27)22-11-9-21(30)10-12-22/h3-7,9-13,15,17,26,28,33H,8,14,16H2,1-2H3/t26-,28+,29+/m1/s1. The van der Waals surface area contributed by atoms with Crippen molar-refractivity contribution in [2.75, 3.05) is 0 Å². The third-order valence-corrected chi connectivity index (χ3v) is 7.98. The zero-order chi connectivity index (χ0) is 22.7. The normalized spacial score (nSPS) is 22.7. The number of aliphatic hydroxyl groups is 1. The van der Waals surface area contributed by atoms with Crippen molar-refractivity contribution in [3.05, 3.63) is 101 Å². The minimum Gasteiger partial charge on any atom is -0.388 e. The largest absolute Gasteiger partial charge is 0.388 e. The lowest BCUT2D eigenvalue weighted by Crippen LogP contribution is -2.32. The highest BCUT2D eigenvalue weighted by molar-refractivity contribution is 5.88. The molecule has 0 amide bonds. The number of hydrogen-bond donors (Lipinski definition) is 1. The Balaban J connectivity index is 1.38. The van der Waals surface area contributed by atoms with E-state index in [0.29, 0.717) is 0 Å². The molecule has 1 N–H and O–H groups in total. The summed E-state index contributed by atoms with van der Waals surface area (Å²) in [5, 5.41) is 18.7. The zero-order valence-electron chi connectivity index (χ0n) is 18.9. The summed E-state index contributed by atoms with van der Waals surface area (Å²) in [6.07, 6.45) is 6.44. The first kappa shape index (κ1) is 20.4. The quantitative estimate of drug-likeness (QED) is 0.393. The van der Waals surface area contributed by atoms with E-state index in [-0.39, 0.29) is 17.2 Å². The van der Waals surface area contributed by atoms with Crippen molar-refractivity contribution < 1.29 is 9.50 Å². The summed E-state index contributed by atoms with van der Waals surface area (Å²) in [7, 11) is 0. The van der Waals surface area contributed by atoms with Crippen LogP contribution >= 0.6 is 0 Å². The Hall–Kier alpha value is -3.24. The third kappa shape index (κ3) is 3.08. The summed E-state index contributed by atoms with van der Waals surface area (Å²) in [5.41, 5.74) is 6.63. The van der Waals surface area contributed by atoms with Crippen molar-refractivity contribution in [2.24, 2.45) is 11.3 Å². The predicted molar refractivity (Wildman–Crippen MR) is 130 cm³/mol. The van der Waals surface area contributed by atoms with E-state index in [1.807, 2.05) is 10.9 Å². The third-order valence-electron chi connectivity index (χ3n) is 7.98. The molecule has 3 atom stereocenters. The second kappa shape index (κ2) is 7.39. The van der Waals surface area contributed by atoms with E-state index in [1.165, 1.54) is 34.2 Å². The van der Waals surface area contributed by atoms with Crippen LogP contribution in [0.15, 0.2) is 72.4 Å². The van der Waals surface area contributed by atoms with Gasteiger partial charge in [0.15, 0.2) is 0 Å². The molecule has 4 aromatic rings. The second-order valence-corrected chi connectivity index (χ2v) is 9.81. The predicted octanol–water partition coefficient (Wildman–Crippen LogP) is 6.56. The van der Waals surface area contributed by atoms with Crippen LogP contribution in [0.3, 0.4) is 0 Å². The summed E-state index contributed by atoms with van der Waals surface area (Å²) < 4.78 is 15.3. The van der Waals surface area contributed by atoms with Gasteiger partial charge in [0.05, 0.1) is 23.7 Å². The van der Waals surface area contributed by atoms with E-state index >= 15 is 0 Å². The van der Waals surface area contributed by atoms with E-state index in [9.17, 15) is 9.50 Å². The molecule has 2 aliphatic carbocycles. The SMILES string of the molecule is Cc1ccc([C@H](O)[C@H]2CCC3=Cc4c(cnn4-c4ccc(F)cc4)C[C@@]32C)c2ccccc12. The van der Waals surface area contributed by atoms with Gasteiger partial charge in [-0.15, -0.1) is 0 Å². The lowest BCUT2D eigenvalue weighted by Gasteiger charge is -2.38. The highest BCUT2D eigenvalue weighted by Gasteiger charge is 2.48. The number of halogens is 1. The van der Waals surface area contributed by atoms with E-state index < -0.39 is 6.10 Å². The number of hydrogen-bond acceptors (Lipinski definition) is 2. The molecule has 1 saturated carbocycles. The van der Waals surface area contributed by atoms with Gasteiger partial charge in [0.1, 0.15) is 5.82 Å². The molecular formula is C29H27FN2O. The van der Waals surface area contributed by atoms with Gasteiger partial charge >= 0.3 is 0 Å². The molecule has 3 nitrogen and oxygen atoms in total. The Kier molecular flexibility index (Phi) is 4.56. The van der Waals surface area contributed by atoms with Crippen LogP contribution in [-0.2, 0) is 6.42 Å². The number of nitrogens with zero attached hydrogens (tertiary/aromatic N) is 2. The monoisotopic (exact) mass is 438 g/mol. The molecule has 0 unspecified atom stereocenters. The molecule has 3 aromatic carbocycles. The first-order valence-electron chi connectivity index (χ1n) is 11.7. The summed E-state index contributed by atoms with van der Waals surface area (Å²) in [6, 6.07) is 19.1. The van der Waals surface area contributed by atoms with Crippen molar-refractivity contribution in [1.82, 2.24) is 9.78 Å². The summed E-state index contributed by atoms with van der Waals surface area (Å²) in [5.74, 6) is -0.112. The smallest absolute Gasteiger partial charge is 0.123 e. The maximum absolute atomic E-state index is 13.4. The lowest BCUT2D eigenvalue weighted by atomic mass is 9.67. The van der Waals surface area contributed by atoms with Gasteiger partial charge in [0.25, 0.3) is 0 Å². The Bertz CT molecular complexity index is 1400. The maximum atomic E-state index is 13.4. The van der Waals surface area contributed by atoms with E-state index in [4.69, 9.17) is 0 Å². The molecule has 0 aliphatic heterocycles. The summed E-state index contributed by atoms with van der Waals surface area (Å²) >= 11 is 0. The van der Waals surface area contributed by atoms with Crippen molar-refractivity contribution in [3.8, 4) is 5.69 Å². The molecule has 4 heteroatoms. The van der Waals surface area contributed by atoms with Gasteiger partial charge in [-0.3, -0.25) is 0 Å². The molecule has 2 aliphatic rings. The van der Waals surface area contributed by atoms with Gasteiger partial charge in [-0.25, -0.2) is 9.07 Å². The first-order valence-corrected chi connectivity index (χ1v) is 11.7. The molecule has 6 rings (SSSR count). The van der Waals surface area contributed by atoms with Gasteiger partial charge in [0.2, 0.25) is 0 Å². The molecule has 0 saturated heterocycles. The van der Waals surface area contributed by atoms with Crippen LogP contribution in [0, 0.1) is 24.1 Å². The van der Waals surface area contributed by atoms with Crippen LogP contribution < -0.4 is 0 Å². The minimum atomic E-state index is -0.528. The minimum absolute atomic E-state index is 0.116. The molecule has 33 heavy (non-hydrogen) atoms. The highest BCUT2D eigenvalue weighted by atomic mass is 19.1. The number of rotatable bonds is 3. The first-order chi connectivity index (χ1) is 16.0. The number of aryl methyl sites for hydroxylation is 1. The van der Waals surface area contributed by atoms with Crippen LogP contribution in [0.4, 0.5) is 4.39 Å². The molecule has 1 fully saturated rings. The van der Waals surface area contributed by atoms with Gasteiger partial charge in [-0.1, -0.05) is 48.9 Å². The Morgan fingerprint density at radius 3 is 2.61 bits per heavy atom. The Morgan fingerprint density at radius 1 is 1.06 bits per heavy atom. The number of benzene rings is 3. The Labute approximate surface area is 193 Å². The van der Waals surface area contributed by atoms with Crippen LogP contribution in [0.2, 0.25) is 0 Å². The van der Waals surface area contributed by atoms with Crippen molar-refractivity contribution in [3.63, 3.8) is 0 Å². The van der Waals surface area contributed by atoms with Crippen LogP contribution in [0.1, 0.15) is 48.3 Å². The lowest BCUT2D eigenvalue weighted by molar-refractivity contribution is 0.0567.